The highest BCUT2D eigenvalue weighted by atomic mass is 19.1. The van der Waals surface area contributed by atoms with E-state index in [9.17, 15) is 9.18 Å². The minimum atomic E-state index is -0.357. The van der Waals surface area contributed by atoms with Crippen LogP contribution in [0, 0.1) is 5.82 Å². The number of anilines is 1. The fraction of sp³-hybridized carbons (Fsp3) is 0.294. The number of H-pyrrole nitrogens is 1. The second kappa shape index (κ2) is 6.74. The van der Waals surface area contributed by atoms with Gasteiger partial charge in [-0.15, -0.1) is 0 Å². The first-order valence-corrected chi connectivity index (χ1v) is 7.87. The number of hydrogen-bond acceptors (Lipinski definition) is 5. The van der Waals surface area contributed by atoms with Crippen molar-refractivity contribution in [2.75, 3.05) is 5.32 Å². The maximum atomic E-state index is 13.5. The lowest BCUT2D eigenvalue weighted by Gasteiger charge is -2.12. The molecule has 0 radical (unpaired) electrons. The summed E-state index contributed by atoms with van der Waals surface area (Å²) < 4.78 is 13.5. The number of aromatic amines is 1. The number of nitrogens with zero attached hydrogens (tertiary/aromatic N) is 3. The van der Waals surface area contributed by atoms with E-state index in [0.717, 1.165) is 24.1 Å². The lowest BCUT2D eigenvalue weighted by Crippen LogP contribution is -2.22. The maximum absolute atomic E-state index is 13.5. The number of hydrogen-bond donors (Lipinski definition) is 2. The molecule has 0 bridgehead atoms. The Labute approximate surface area is 138 Å². The fourth-order valence-electron chi connectivity index (χ4n) is 2.80. The van der Waals surface area contributed by atoms with Crippen molar-refractivity contribution in [3.63, 3.8) is 0 Å². The van der Waals surface area contributed by atoms with Crippen LogP contribution < -0.4 is 10.9 Å². The molecule has 3 rings (SSSR count). The third-order valence-electron chi connectivity index (χ3n) is 4.00. The van der Waals surface area contributed by atoms with E-state index in [1.54, 1.807) is 6.07 Å². The van der Waals surface area contributed by atoms with Gasteiger partial charge in [0.25, 0.3) is 5.56 Å². The van der Waals surface area contributed by atoms with Gasteiger partial charge in [0.1, 0.15) is 18.0 Å². The van der Waals surface area contributed by atoms with Gasteiger partial charge in [0.2, 0.25) is 0 Å². The third kappa shape index (κ3) is 2.97. The van der Waals surface area contributed by atoms with Gasteiger partial charge in [-0.05, 0) is 36.6 Å². The molecule has 0 aliphatic carbocycles. The van der Waals surface area contributed by atoms with Crippen molar-refractivity contribution in [3.05, 3.63) is 57.5 Å². The summed E-state index contributed by atoms with van der Waals surface area (Å²) in [4.78, 5) is 20.5. The summed E-state index contributed by atoms with van der Waals surface area (Å²) in [6.45, 7) is 4.28. The first kappa shape index (κ1) is 16.0. The van der Waals surface area contributed by atoms with Crippen LogP contribution >= 0.6 is 0 Å². The summed E-state index contributed by atoms with van der Waals surface area (Å²) in [6.07, 6.45) is 2.88. The quantitative estimate of drug-likeness (QED) is 0.752. The highest BCUT2D eigenvalue weighted by Gasteiger charge is 2.13. The Hall–Kier alpha value is -2.83. The van der Waals surface area contributed by atoms with Crippen molar-refractivity contribution in [1.82, 2.24) is 20.2 Å². The Kier molecular flexibility index (Phi) is 4.50. The predicted octanol–water partition coefficient (Wildman–Crippen LogP) is 2.59. The van der Waals surface area contributed by atoms with Gasteiger partial charge < -0.3 is 5.32 Å². The van der Waals surface area contributed by atoms with Gasteiger partial charge in [-0.2, -0.15) is 5.10 Å². The SMILES string of the molecule is CCc1n[nH]c(=O)c(CNc2ncnc3ccc(F)cc23)c1CC. The highest BCUT2D eigenvalue weighted by Crippen LogP contribution is 2.21. The van der Waals surface area contributed by atoms with Gasteiger partial charge in [-0.3, -0.25) is 4.79 Å². The highest BCUT2D eigenvalue weighted by molar-refractivity contribution is 5.88. The number of aryl methyl sites for hydroxylation is 1. The summed E-state index contributed by atoms with van der Waals surface area (Å²) in [5.41, 5.74) is 2.88. The predicted molar refractivity (Wildman–Crippen MR) is 90.4 cm³/mol. The molecule has 0 aliphatic rings. The number of halogens is 1. The Morgan fingerprint density at radius 3 is 2.75 bits per heavy atom. The van der Waals surface area contributed by atoms with Crippen LogP contribution in [0.4, 0.5) is 10.2 Å². The minimum absolute atomic E-state index is 0.221. The Balaban J connectivity index is 1.98. The van der Waals surface area contributed by atoms with Crippen molar-refractivity contribution >= 4 is 16.7 Å². The zero-order chi connectivity index (χ0) is 17.1. The molecule has 7 heteroatoms. The molecular weight excluding hydrogens is 309 g/mol. The molecule has 1 aromatic carbocycles. The van der Waals surface area contributed by atoms with Crippen LogP contribution in [0.3, 0.4) is 0 Å². The zero-order valence-corrected chi connectivity index (χ0v) is 13.6. The van der Waals surface area contributed by atoms with Gasteiger partial charge in [0.15, 0.2) is 0 Å². The molecule has 6 nitrogen and oxygen atoms in total. The van der Waals surface area contributed by atoms with Crippen LogP contribution in [0.1, 0.15) is 30.7 Å². The van der Waals surface area contributed by atoms with Crippen LogP contribution in [0.25, 0.3) is 10.9 Å². The summed E-state index contributed by atoms with van der Waals surface area (Å²) >= 11 is 0. The summed E-state index contributed by atoms with van der Waals surface area (Å²) in [5, 5.41) is 10.4. The van der Waals surface area contributed by atoms with Crippen molar-refractivity contribution < 1.29 is 4.39 Å². The molecule has 0 saturated carbocycles. The number of rotatable bonds is 5. The molecular formula is C17H18FN5O. The molecule has 0 amide bonds. The Morgan fingerprint density at radius 1 is 1.17 bits per heavy atom. The molecule has 124 valence electrons. The third-order valence-corrected chi connectivity index (χ3v) is 4.00. The molecule has 0 aliphatic heterocycles. The van der Waals surface area contributed by atoms with Crippen LogP contribution in [-0.2, 0) is 19.4 Å². The van der Waals surface area contributed by atoms with Crippen LogP contribution in [-0.4, -0.2) is 20.2 Å². The molecule has 0 fully saturated rings. The first-order chi connectivity index (χ1) is 11.6. The smallest absolute Gasteiger partial charge is 0.269 e. The van der Waals surface area contributed by atoms with E-state index in [-0.39, 0.29) is 17.9 Å². The minimum Gasteiger partial charge on any atom is -0.365 e. The fourth-order valence-corrected chi connectivity index (χ4v) is 2.80. The van der Waals surface area contributed by atoms with Gasteiger partial charge in [0, 0.05) is 17.5 Å². The standard InChI is InChI=1S/C17H18FN5O/c1-3-11-13(17(24)23-22-14(11)4-2)8-19-16-12-7-10(18)5-6-15(12)20-9-21-16/h5-7,9H,3-4,8H2,1-2H3,(H,23,24)(H,19,20,21). The number of fused-ring (bicyclic) bond motifs is 1. The molecule has 2 N–H and O–H groups in total. The van der Waals surface area contributed by atoms with E-state index in [0.29, 0.717) is 22.3 Å². The monoisotopic (exact) mass is 327 g/mol. The largest absolute Gasteiger partial charge is 0.365 e. The van der Waals surface area contributed by atoms with Gasteiger partial charge in [-0.1, -0.05) is 13.8 Å². The van der Waals surface area contributed by atoms with Crippen LogP contribution in [0.15, 0.2) is 29.3 Å². The van der Waals surface area contributed by atoms with E-state index < -0.39 is 0 Å². The summed E-state index contributed by atoms with van der Waals surface area (Å²) in [5.74, 6) is 0.139. The van der Waals surface area contributed by atoms with Crippen LogP contribution in [0.5, 0.6) is 0 Å². The molecule has 24 heavy (non-hydrogen) atoms. The summed E-state index contributed by atoms with van der Waals surface area (Å²) in [7, 11) is 0. The summed E-state index contributed by atoms with van der Waals surface area (Å²) in [6, 6.07) is 4.34. The molecule has 3 aromatic rings. The second-order valence-electron chi connectivity index (χ2n) is 5.40. The lowest BCUT2D eigenvalue weighted by molar-refractivity contribution is 0.629. The first-order valence-electron chi connectivity index (χ1n) is 7.87. The van der Waals surface area contributed by atoms with Gasteiger partial charge >= 0.3 is 0 Å². The lowest BCUT2D eigenvalue weighted by atomic mass is 10.0. The number of nitrogens with one attached hydrogen (secondary N) is 2. The molecule has 0 unspecified atom stereocenters. The van der Waals surface area contributed by atoms with E-state index in [4.69, 9.17) is 0 Å². The van der Waals surface area contributed by atoms with E-state index in [1.165, 1.54) is 18.5 Å². The Morgan fingerprint density at radius 2 is 2.00 bits per heavy atom. The second-order valence-corrected chi connectivity index (χ2v) is 5.40. The molecule has 2 heterocycles. The normalized spacial score (nSPS) is 11.0. The van der Waals surface area contributed by atoms with Gasteiger partial charge in [-0.25, -0.2) is 19.5 Å². The topological polar surface area (TPSA) is 83.6 Å². The van der Waals surface area contributed by atoms with Crippen LogP contribution in [0.2, 0.25) is 0 Å². The number of aromatic nitrogens is 4. The van der Waals surface area contributed by atoms with Gasteiger partial charge in [0.05, 0.1) is 11.2 Å². The Bertz CT molecular complexity index is 938. The molecule has 0 atom stereocenters. The van der Waals surface area contributed by atoms with E-state index >= 15 is 0 Å². The molecule has 2 aromatic heterocycles. The average Bonchev–Trinajstić information content (AvgIpc) is 2.60. The van der Waals surface area contributed by atoms with Crippen molar-refractivity contribution in [2.45, 2.75) is 33.2 Å². The molecule has 0 spiro atoms. The van der Waals surface area contributed by atoms with Crippen molar-refractivity contribution in [1.29, 1.82) is 0 Å². The van der Waals surface area contributed by atoms with E-state index in [1.807, 2.05) is 13.8 Å². The average molecular weight is 327 g/mol. The zero-order valence-electron chi connectivity index (χ0n) is 13.6. The number of benzene rings is 1. The van der Waals surface area contributed by atoms with Crippen molar-refractivity contribution in [2.24, 2.45) is 0 Å². The van der Waals surface area contributed by atoms with Crippen molar-refractivity contribution in [3.8, 4) is 0 Å². The van der Waals surface area contributed by atoms with E-state index in [2.05, 4.69) is 25.5 Å². The maximum Gasteiger partial charge on any atom is 0.269 e. The molecule has 0 saturated heterocycles.